The molecule has 0 saturated carbocycles. The van der Waals surface area contributed by atoms with Gasteiger partial charge in [0.25, 0.3) is 18.3 Å². The van der Waals surface area contributed by atoms with Crippen molar-refractivity contribution in [3.63, 3.8) is 0 Å². The number of aromatic nitrogens is 4. The SMILES string of the molecule is COc1cc(OC)c(-c2cc(C(=O)Nc3c(F)c[n+](O)cc3F)nn2C)cn1. The molecule has 0 aliphatic carbocycles. The predicted octanol–water partition coefficient (Wildman–Crippen LogP) is 1.55. The molecule has 0 saturated heterocycles. The summed E-state index contributed by atoms with van der Waals surface area (Å²) in [6, 6.07) is 2.99. The Bertz CT molecular complexity index is 1030. The summed E-state index contributed by atoms with van der Waals surface area (Å²) in [7, 11) is 4.53. The topological polar surface area (TPSA) is 102 Å². The Hall–Kier alpha value is -3.76. The average Bonchev–Trinajstić information content (AvgIpc) is 3.05. The van der Waals surface area contributed by atoms with Gasteiger partial charge >= 0.3 is 0 Å². The molecule has 0 aliphatic rings. The van der Waals surface area contributed by atoms with Crippen LogP contribution in [0.5, 0.6) is 11.6 Å². The van der Waals surface area contributed by atoms with Gasteiger partial charge in [0.1, 0.15) is 11.4 Å². The number of carbonyl (C=O) groups is 1. The molecule has 9 nitrogen and oxygen atoms in total. The number of amides is 1. The molecule has 0 unspecified atom stereocenters. The van der Waals surface area contributed by atoms with Crippen molar-refractivity contribution in [2.45, 2.75) is 0 Å². The van der Waals surface area contributed by atoms with Gasteiger partial charge < -0.3 is 14.8 Å². The van der Waals surface area contributed by atoms with E-state index in [0.717, 1.165) is 0 Å². The highest BCUT2D eigenvalue weighted by Crippen LogP contribution is 2.32. The van der Waals surface area contributed by atoms with Gasteiger partial charge in [0.05, 0.1) is 25.5 Å². The van der Waals surface area contributed by atoms with Crippen molar-refractivity contribution >= 4 is 11.6 Å². The van der Waals surface area contributed by atoms with Crippen molar-refractivity contribution in [2.75, 3.05) is 19.5 Å². The molecule has 0 aliphatic heterocycles. The Morgan fingerprint density at radius 2 is 1.89 bits per heavy atom. The van der Waals surface area contributed by atoms with E-state index in [1.165, 1.54) is 31.2 Å². The summed E-state index contributed by atoms with van der Waals surface area (Å²) in [4.78, 5) is 16.5. The van der Waals surface area contributed by atoms with Gasteiger partial charge in [-0.1, -0.05) is 0 Å². The number of hydrogen-bond acceptors (Lipinski definition) is 6. The number of halogens is 2. The van der Waals surface area contributed by atoms with E-state index in [9.17, 15) is 13.6 Å². The van der Waals surface area contributed by atoms with Crippen LogP contribution in [0.15, 0.2) is 30.7 Å². The van der Waals surface area contributed by atoms with Crippen LogP contribution < -0.4 is 19.5 Å². The Morgan fingerprint density at radius 1 is 1.21 bits per heavy atom. The molecule has 0 spiro atoms. The maximum atomic E-state index is 13.8. The largest absolute Gasteiger partial charge is 0.496 e. The van der Waals surface area contributed by atoms with Gasteiger partial charge in [-0.3, -0.25) is 14.7 Å². The third-order valence-corrected chi connectivity index (χ3v) is 3.87. The fourth-order valence-corrected chi connectivity index (χ4v) is 2.53. The van der Waals surface area contributed by atoms with Crippen LogP contribution in [0.1, 0.15) is 10.5 Å². The molecule has 0 radical (unpaired) electrons. The third kappa shape index (κ3) is 3.54. The molecule has 3 rings (SSSR count). The summed E-state index contributed by atoms with van der Waals surface area (Å²) in [6.45, 7) is 0. The van der Waals surface area contributed by atoms with E-state index in [2.05, 4.69) is 15.4 Å². The van der Waals surface area contributed by atoms with Crippen LogP contribution in [0.4, 0.5) is 14.5 Å². The summed E-state index contributed by atoms with van der Waals surface area (Å²) in [5.41, 5.74) is 0.233. The van der Waals surface area contributed by atoms with E-state index < -0.39 is 23.2 Å². The molecule has 3 aromatic heterocycles. The van der Waals surface area contributed by atoms with Crippen molar-refractivity contribution in [1.29, 1.82) is 0 Å². The summed E-state index contributed by atoms with van der Waals surface area (Å²) >= 11 is 0. The Balaban J connectivity index is 1.94. The normalized spacial score (nSPS) is 10.6. The second kappa shape index (κ2) is 7.47. The van der Waals surface area contributed by atoms with E-state index in [4.69, 9.17) is 14.7 Å². The Morgan fingerprint density at radius 3 is 2.50 bits per heavy atom. The minimum absolute atomic E-state index is 0.0881. The maximum Gasteiger partial charge on any atom is 0.276 e. The molecular formula is C17H16F2N5O4+. The predicted molar refractivity (Wildman–Crippen MR) is 91.2 cm³/mol. The minimum atomic E-state index is -1.15. The molecular weight excluding hydrogens is 376 g/mol. The molecule has 3 aromatic rings. The number of carbonyl (C=O) groups excluding carboxylic acids is 1. The lowest BCUT2D eigenvalue weighted by Crippen LogP contribution is -2.31. The van der Waals surface area contributed by atoms with Crippen LogP contribution >= 0.6 is 0 Å². The summed E-state index contributed by atoms with van der Waals surface area (Å²) < 4.78 is 39.6. The van der Waals surface area contributed by atoms with Crippen LogP contribution in [0.25, 0.3) is 11.3 Å². The standard InChI is InChI=1S/C17H15F2N5O4/c1-23-13(9-6-20-15(28-3)5-14(9)27-2)4-12(22-23)17(25)21-16-10(18)7-24(26)8-11(16)19/h4-8,26H,1-3H3/p+1. The number of ether oxygens (including phenoxy) is 2. The van der Waals surface area contributed by atoms with Crippen molar-refractivity contribution in [3.05, 3.63) is 48.1 Å². The minimum Gasteiger partial charge on any atom is -0.496 e. The molecule has 11 heteroatoms. The van der Waals surface area contributed by atoms with E-state index >= 15 is 0 Å². The number of nitrogens with zero attached hydrogens (tertiary/aromatic N) is 4. The first kappa shape index (κ1) is 19.0. The highest BCUT2D eigenvalue weighted by Gasteiger charge is 2.22. The summed E-state index contributed by atoms with van der Waals surface area (Å²) in [5.74, 6) is -2.34. The molecule has 0 fully saturated rings. The number of methoxy groups -OCH3 is 2. The molecule has 0 atom stereocenters. The van der Waals surface area contributed by atoms with Crippen LogP contribution in [0.3, 0.4) is 0 Å². The summed E-state index contributed by atoms with van der Waals surface area (Å²) in [5, 5.41) is 15.3. The molecule has 1 amide bonds. The van der Waals surface area contributed by atoms with Gasteiger partial charge in [-0.2, -0.15) is 13.9 Å². The van der Waals surface area contributed by atoms with Crippen LogP contribution in [-0.4, -0.2) is 40.1 Å². The number of rotatable bonds is 5. The van der Waals surface area contributed by atoms with Crippen LogP contribution in [0.2, 0.25) is 0 Å². The van der Waals surface area contributed by atoms with Crippen molar-refractivity contribution in [1.82, 2.24) is 14.8 Å². The van der Waals surface area contributed by atoms with Crippen LogP contribution in [-0.2, 0) is 7.05 Å². The Labute approximate surface area is 157 Å². The lowest BCUT2D eigenvalue weighted by Gasteiger charge is -2.09. The smallest absolute Gasteiger partial charge is 0.276 e. The van der Waals surface area contributed by atoms with Crippen molar-refractivity contribution in [2.24, 2.45) is 7.05 Å². The first-order valence-corrected chi connectivity index (χ1v) is 7.87. The fraction of sp³-hybridized carbons (Fsp3) is 0.176. The highest BCUT2D eigenvalue weighted by atomic mass is 19.1. The zero-order chi connectivity index (χ0) is 20.4. The lowest BCUT2D eigenvalue weighted by atomic mass is 10.1. The van der Waals surface area contributed by atoms with Gasteiger partial charge in [-0.25, -0.2) is 4.98 Å². The second-order valence-corrected chi connectivity index (χ2v) is 5.63. The van der Waals surface area contributed by atoms with Crippen molar-refractivity contribution < 1.29 is 33.0 Å². The number of hydrogen-bond donors (Lipinski definition) is 2. The molecule has 28 heavy (non-hydrogen) atoms. The van der Waals surface area contributed by atoms with Crippen LogP contribution in [0, 0.1) is 11.6 Å². The number of pyridine rings is 2. The van der Waals surface area contributed by atoms with E-state index in [0.29, 0.717) is 35.3 Å². The quantitative estimate of drug-likeness (QED) is 0.505. The molecule has 0 bridgehead atoms. The van der Waals surface area contributed by atoms with Gasteiger partial charge in [0.15, 0.2) is 5.69 Å². The summed E-state index contributed by atoms with van der Waals surface area (Å²) in [6.07, 6.45) is 2.71. The van der Waals surface area contributed by atoms with Gasteiger partial charge in [-0.15, -0.1) is 0 Å². The maximum absolute atomic E-state index is 13.8. The van der Waals surface area contributed by atoms with Crippen molar-refractivity contribution in [3.8, 4) is 22.9 Å². The third-order valence-electron chi connectivity index (χ3n) is 3.87. The highest BCUT2D eigenvalue weighted by molar-refractivity contribution is 6.03. The van der Waals surface area contributed by atoms with Gasteiger partial charge in [0.2, 0.25) is 17.5 Å². The zero-order valence-corrected chi connectivity index (χ0v) is 15.1. The first-order valence-electron chi connectivity index (χ1n) is 7.87. The Kier molecular flexibility index (Phi) is 5.07. The average molecular weight is 392 g/mol. The first-order chi connectivity index (χ1) is 13.3. The number of nitrogens with one attached hydrogen (secondary N) is 1. The van der Waals surface area contributed by atoms with E-state index in [1.54, 1.807) is 13.1 Å². The number of aryl methyl sites for hydroxylation is 1. The second-order valence-electron chi connectivity index (χ2n) is 5.63. The molecule has 3 heterocycles. The number of anilines is 1. The lowest BCUT2D eigenvalue weighted by molar-refractivity contribution is -0.906. The fourth-order valence-electron chi connectivity index (χ4n) is 2.53. The molecule has 146 valence electrons. The van der Waals surface area contributed by atoms with Gasteiger partial charge in [-0.05, 0) is 6.07 Å². The zero-order valence-electron chi connectivity index (χ0n) is 15.1. The van der Waals surface area contributed by atoms with E-state index in [-0.39, 0.29) is 10.4 Å². The monoisotopic (exact) mass is 392 g/mol. The van der Waals surface area contributed by atoms with Gasteiger partial charge in [0, 0.05) is 24.0 Å². The molecule has 2 N–H and O–H groups in total. The molecule has 0 aromatic carbocycles. The van der Waals surface area contributed by atoms with E-state index in [1.807, 2.05) is 0 Å².